The Morgan fingerprint density at radius 1 is 1.44 bits per heavy atom. The van der Waals surface area contributed by atoms with Crippen molar-refractivity contribution in [1.82, 2.24) is 0 Å². The molecule has 2 rings (SSSR count). The fraction of sp³-hybridized carbons (Fsp3) is 0.643. The predicted octanol–water partition coefficient (Wildman–Crippen LogP) is 3.24. The third kappa shape index (κ3) is 2.55. The first-order valence-electron chi connectivity index (χ1n) is 6.33. The Morgan fingerprint density at radius 2 is 2.19 bits per heavy atom. The van der Waals surface area contributed by atoms with Crippen molar-refractivity contribution < 1.29 is 9.53 Å². The van der Waals surface area contributed by atoms with Gasteiger partial charge in [-0.25, -0.2) is 4.79 Å². The van der Waals surface area contributed by atoms with Crippen LogP contribution in [0.3, 0.4) is 0 Å². The number of ether oxygens (including phenoxy) is 1. The van der Waals surface area contributed by atoms with Gasteiger partial charge in [0.15, 0.2) is 0 Å². The molecule has 0 N–H and O–H groups in total. The maximum absolute atomic E-state index is 11.4. The molecule has 0 heterocycles. The first kappa shape index (κ1) is 11.4. The molecule has 88 valence electrons. The van der Waals surface area contributed by atoms with Crippen LogP contribution in [0.15, 0.2) is 23.8 Å². The summed E-state index contributed by atoms with van der Waals surface area (Å²) in [5.41, 5.74) is 1.32. The minimum atomic E-state index is -0.159. The van der Waals surface area contributed by atoms with Crippen LogP contribution in [-0.2, 0) is 9.53 Å². The number of esters is 1. The Labute approximate surface area is 97.4 Å². The van der Waals surface area contributed by atoms with Gasteiger partial charge in [-0.3, -0.25) is 0 Å². The lowest BCUT2D eigenvalue weighted by molar-refractivity contribution is -0.137. The molecule has 0 bridgehead atoms. The Hall–Kier alpha value is -1.05. The van der Waals surface area contributed by atoms with E-state index in [-0.39, 0.29) is 5.97 Å². The summed E-state index contributed by atoms with van der Waals surface area (Å²) in [6, 6.07) is 0. The van der Waals surface area contributed by atoms with Gasteiger partial charge in [-0.1, -0.05) is 17.7 Å². The zero-order chi connectivity index (χ0) is 11.4. The van der Waals surface area contributed by atoms with Crippen molar-refractivity contribution in [3.63, 3.8) is 0 Å². The van der Waals surface area contributed by atoms with Crippen molar-refractivity contribution in [2.45, 2.75) is 39.0 Å². The molecule has 0 amide bonds. The highest BCUT2D eigenvalue weighted by atomic mass is 16.5. The molecule has 2 aliphatic carbocycles. The van der Waals surface area contributed by atoms with Crippen molar-refractivity contribution in [2.75, 3.05) is 6.61 Å². The first-order chi connectivity index (χ1) is 7.81. The van der Waals surface area contributed by atoms with E-state index in [0.29, 0.717) is 12.5 Å². The number of carbonyl (C=O) groups excluding carboxylic acids is 1. The number of allylic oxidation sites excluding steroid dienone is 3. The third-order valence-corrected chi connectivity index (χ3v) is 3.65. The minimum absolute atomic E-state index is 0.159. The third-order valence-electron chi connectivity index (χ3n) is 3.65. The van der Waals surface area contributed by atoms with Crippen LogP contribution in [0.4, 0.5) is 0 Å². The van der Waals surface area contributed by atoms with E-state index in [0.717, 1.165) is 18.8 Å². The van der Waals surface area contributed by atoms with E-state index in [9.17, 15) is 4.79 Å². The van der Waals surface area contributed by atoms with E-state index >= 15 is 0 Å². The highest BCUT2D eigenvalue weighted by Gasteiger charge is 2.35. The molecule has 2 aliphatic rings. The number of hydrogen-bond acceptors (Lipinski definition) is 2. The second-order valence-electron chi connectivity index (χ2n) is 4.67. The molecule has 1 saturated carbocycles. The summed E-state index contributed by atoms with van der Waals surface area (Å²) in [7, 11) is 0. The summed E-state index contributed by atoms with van der Waals surface area (Å²) in [4.78, 5) is 11.4. The van der Waals surface area contributed by atoms with Crippen molar-refractivity contribution in [1.29, 1.82) is 0 Å². The zero-order valence-corrected chi connectivity index (χ0v) is 9.95. The van der Waals surface area contributed by atoms with Crippen LogP contribution in [0.25, 0.3) is 0 Å². The molecule has 1 fully saturated rings. The van der Waals surface area contributed by atoms with Gasteiger partial charge in [-0.15, -0.1) is 0 Å². The van der Waals surface area contributed by atoms with Gasteiger partial charge in [-0.2, -0.15) is 0 Å². The fourth-order valence-corrected chi connectivity index (χ4v) is 2.79. The molecule has 0 spiro atoms. The topological polar surface area (TPSA) is 26.3 Å². The van der Waals surface area contributed by atoms with E-state index in [1.54, 1.807) is 6.08 Å². The maximum Gasteiger partial charge on any atom is 0.330 e. The largest absolute Gasteiger partial charge is 0.463 e. The van der Waals surface area contributed by atoms with E-state index in [1.807, 2.05) is 6.92 Å². The number of carbonyl (C=O) groups is 1. The summed E-state index contributed by atoms with van der Waals surface area (Å²) in [6.45, 7) is 2.32. The summed E-state index contributed by atoms with van der Waals surface area (Å²) < 4.78 is 4.95. The summed E-state index contributed by atoms with van der Waals surface area (Å²) >= 11 is 0. The average Bonchev–Trinajstić information content (AvgIpc) is 2.22. The van der Waals surface area contributed by atoms with Crippen molar-refractivity contribution in [2.24, 2.45) is 11.8 Å². The number of rotatable bonds is 2. The average molecular weight is 220 g/mol. The Balaban J connectivity index is 1.94. The van der Waals surface area contributed by atoms with Crippen molar-refractivity contribution in [3.05, 3.63) is 23.8 Å². The van der Waals surface area contributed by atoms with E-state index in [2.05, 4.69) is 12.2 Å². The molecule has 0 aliphatic heterocycles. The zero-order valence-electron chi connectivity index (χ0n) is 9.95. The lowest BCUT2D eigenvalue weighted by Crippen LogP contribution is -2.30. The SMILES string of the molecule is CCOC(=O)C=C1CC2CC/C=C\CCC12. The highest BCUT2D eigenvalue weighted by Crippen LogP contribution is 2.46. The standard InChI is InChI=1S/C14H20O2/c1-2-16-14(15)10-12-9-11-7-5-3-4-6-8-13(11)12/h3-4,10-11,13H,2,5-9H2,1H3/b4-3-,12-10?. The molecular weight excluding hydrogens is 200 g/mol. The van der Waals surface area contributed by atoms with Gasteiger partial charge in [-0.05, 0) is 50.9 Å². The summed E-state index contributed by atoms with van der Waals surface area (Å²) in [5.74, 6) is 1.30. The van der Waals surface area contributed by atoms with Crippen LogP contribution in [0, 0.1) is 11.8 Å². The smallest absolute Gasteiger partial charge is 0.330 e. The Morgan fingerprint density at radius 3 is 2.94 bits per heavy atom. The second-order valence-corrected chi connectivity index (χ2v) is 4.67. The Bertz CT molecular complexity index is 315. The number of fused-ring (bicyclic) bond motifs is 1. The lowest BCUT2D eigenvalue weighted by atomic mass is 9.64. The molecule has 2 heteroatoms. The van der Waals surface area contributed by atoms with E-state index in [1.165, 1.54) is 24.8 Å². The molecule has 0 saturated heterocycles. The predicted molar refractivity (Wildman–Crippen MR) is 63.9 cm³/mol. The van der Waals surface area contributed by atoms with Gasteiger partial charge >= 0.3 is 5.97 Å². The van der Waals surface area contributed by atoms with Gasteiger partial charge in [0, 0.05) is 6.08 Å². The van der Waals surface area contributed by atoms with Gasteiger partial charge in [0.2, 0.25) is 0 Å². The van der Waals surface area contributed by atoms with Gasteiger partial charge in [0.1, 0.15) is 0 Å². The molecule has 16 heavy (non-hydrogen) atoms. The van der Waals surface area contributed by atoms with Gasteiger partial charge in [0.05, 0.1) is 6.61 Å². The normalized spacial score (nSPS) is 33.2. The summed E-state index contributed by atoms with van der Waals surface area (Å²) in [5, 5.41) is 0. The van der Waals surface area contributed by atoms with Gasteiger partial charge in [0.25, 0.3) is 0 Å². The lowest BCUT2D eigenvalue weighted by Gasteiger charge is -2.40. The van der Waals surface area contributed by atoms with Crippen LogP contribution in [0.5, 0.6) is 0 Å². The van der Waals surface area contributed by atoms with Gasteiger partial charge < -0.3 is 4.74 Å². The van der Waals surface area contributed by atoms with Crippen molar-refractivity contribution in [3.8, 4) is 0 Å². The van der Waals surface area contributed by atoms with E-state index in [4.69, 9.17) is 4.74 Å². The molecule has 0 aromatic heterocycles. The molecule has 0 aromatic rings. The minimum Gasteiger partial charge on any atom is -0.463 e. The van der Waals surface area contributed by atoms with Crippen LogP contribution in [-0.4, -0.2) is 12.6 Å². The fourth-order valence-electron chi connectivity index (χ4n) is 2.79. The van der Waals surface area contributed by atoms with E-state index < -0.39 is 0 Å². The highest BCUT2D eigenvalue weighted by molar-refractivity contribution is 5.83. The maximum atomic E-state index is 11.4. The molecule has 2 atom stereocenters. The first-order valence-corrected chi connectivity index (χ1v) is 6.33. The summed E-state index contributed by atoms with van der Waals surface area (Å²) in [6.07, 6.45) is 12.2. The van der Waals surface area contributed by atoms with Crippen molar-refractivity contribution >= 4 is 5.97 Å². The molecular formula is C14H20O2. The molecule has 2 unspecified atom stereocenters. The molecule has 0 radical (unpaired) electrons. The van der Waals surface area contributed by atoms with Crippen LogP contribution in [0.1, 0.15) is 39.0 Å². The van der Waals surface area contributed by atoms with Crippen LogP contribution < -0.4 is 0 Å². The van der Waals surface area contributed by atoms with Crippen LogP contribution in [0.2, 0.25) is 0 Å². The molecule has 0 aromatic carbocycles. The quantitative estimate of drug-likeness (QED) is 0.405. The molecule has 2 nitrogen and oxygen atoms in total. The Kier molecular flexibility index (Phi) is 3.81. The second kappa shape index (κ2) is 5.33. The monoisotopic (exact) mass is 220 g/mol. The van der Waals surface area contributed by atoms with Crippen LogP contribution >= 0.6 is 0 Å². The number of hydrogen-bond donors (Lipinski definition) is 0.